The summed E-state index contributed by atoms with van der Waals surface area (Å²) >= 11 is 0. The van der Waals surface area contributed by atoms with Crippen molar-refractivity contribution in [1.29, 1.82) is 0 Å². The maximum absolute atomic E-state index is 12.0. The summed E-state index contributed by atoms with van der Waals surface area (Å²) in [6.45, 7) is 8.13. The number of hydrogen-bond acceptors (Lipinski definition) is 6. The van der Waals surface area contributed by atoms with Crippen LogP contribution in [0.1, 0.15) is 26.5 Å². The number of anilines is 2. The number of nitrogens with one attached hydrogen (secondary N) is 2. The first kappa shape index (κ1) is 14.2. The van der Waals surface area contributed by atoms with Gasteiger partial charge >= 0.3 is 0 Å². The summed E-state index contributed by atoms with van der Waals surface area (Å²) in [5, 5.41) is 5.39. The minimum Gasteiger partial charge on any atom is -0.354 e. The summed E-state index contributed by atoms with van der Waals surface area (Å²) in [5.74, 6) is 0.420. The van der Waals surface area contributed by atoms with Crippen molar-refractivity contribution in [2.24, 2.45) is 0 Å². The third-order valence-corrected chi connectivity index (χ3v) is 3.24. The molecule has 0 aliphatic carbocycles. The van der Waals surface area contributed by atoms with Crippen LogP contribution in [0.2, 0.25) is 0 Å². The van der Waals surface area contributed by atoms with E-state index in [9.17, 15) is 9.59 Å². The van der Waals surface area contributed by atoms with E-state index in [-0.39, 0.29) is 18.4 Å². The summed E-state index contributed by atoms with van der Waals surface area (Å²) < 4.78 is 0. The third kappa shape index (κ3) is 2.56. The molecule has 20 heavy (non-hydrogen) atoms. The van der Waals surface area contributed by atoms with Crippen LogP contribution in [0.15, 0.2) is 6.07 Å². The topological polar surface area (TPSA) is 87.2 Å². The molecule has 0 unspecified atom stereocenters. The molecule has 0 saturated carbocycles. The van der Waals surface area contributed by atoms with E-state index in [0.717, 1.165) is 5.69 Å². The molecule has 1 aliphatic heterocycles. The summed E-state index contributed by atoms with van der Waals surface area (Å²) in [4.78, 5) is 33.9. The van der Waals surface area contributed by atoms with Crippen molar-refractivity contribution in [3.05, 3.63) is 11.8 Å². The molecule has 2 rings (SSSR count). The van der Waals surface area contributed by atoms with Crippen LogP contribution in [0.4, 0.5) is 11.8 Å². The second-order valence-corrected chi connectivity index (χ2v) is 5.24. The Morgan fingerprint density at radius 1 is 1.40 bits per heavy atom. The van der Waals surface area contributed by atoms with Crippen molar-refractivity contribution in [3.8, 4) is 0 Å². The number of amides is 2. The molecule has 7 nitrogen and oxygen atoms in total. The second kappa shape index (κ2) is 5.07. The first-order valence-electron chi connectivity index (χ1n) is 6.56. The highest BCUT2D eigenvalue weighted by Crippen LogP contribution is 2.26. The number of piperazine rings is 1. The molecule has 2 amide bonds. The zero-order chi connectivity index (χ0) is 14.9. The van der Waals surface area contributed by atoms with Crippen molar-refractivity contribution >= 4 is 23.6 Å². The second-order valence-electron chi connectivity index (χ2n) is 5.24. The van der Waals surface area contributed by atoms with Gasteiger partial charge in [0.2, 0.25) is 11.9 Å². The van der Waals surface area contributed by atoms with E-state index in [2.05, 4.69) is 20.6 Å². The van der Waals surface area contributed by atoms with Crippen molar-refractivity contribution < 1.29 is 9.59 Å². The van der Waals surface area contributed by atoms with Gasteiger partial charge in [-0.15, -0.1) is 0 Å². The first-order chi connectivity index (χ1) is 9.34. The lowest BCUT2D eigenvalue weighted by molar-refractivity contribution is -0.135. The van der Waals surface area contributed by atoms with E-state index in [0.29, 0.717) is 18.3 Å². The Labute approximate surface area is 117 Å². The lowest BCUT2D eigenvalue weighted by Crippen LogP contribution is -2.64. The minimum absolute atomic E-state index is 0.0980. The molecular formula is C13H19N5O2. The highest BCUT2D eigenvalue weighted by Gasteiger charge is 2.41. The van der Waals surface area contributed by atoms with Crippen LogP contribution in [-0.2, 0) is 9.59 Å². The molecule has 0 spiro atoms. The molecule has 0 bridgehead atoms. The average Bonchev–Trinajstić information content (AvgIpc) is 2.33. The molecule has 0 atom stereocenters. The first-order valence-corrected chi connectivity index (χ1v) is 6.56. The van der Waals surface area contributed by atoms with Crippen molar-refractivity contribution in [2.45, 2.75) is 33.2 Å². The van der Waals surface area contributed by atoms with Gasteiger partial charge in [0.05, 0.1) is 6.54 Å². The predicted octanol–water partition coefficient (Wildman–Crippen LogP) is 0.458. The van der Waals surface area contributed by atoms with Gasteiger partial charge in [-0.1, -0.05) is 0 Å². The van der Waals surface area contributed by atoms with Crippen molar-refractivity contribution in [2.75, 3.05) is 23.3 Å². The molecule has 108 valence electrons. The Balaban J connectivity index is 2.42. The van der Waals surface area contributed by atoms with Crippen molar-refractivity contribution in [3.63, 3.8) is 0 Å². The molecule has 0 radical (unpaired) electrons. The largest absolute Gasteiger partial charge is 0.354 e. The Kier molecular flexibility index (Phi) is 3.61. The van der Waals surface area contributed by atoms with Gasteiger partial charge in [0.15, 0.2) is 0 Å². The van der Waals surface area contributed by atoms with E-state index in [1.165, 1.54) is 0 Å². The maximum Gasteiger partial charge on any atom is 0.251 e. The standard InChI is InChI=1S/C13H19N5O2/c1-5-14-12-15-8(2)6-9(16-12)18-7-10(19)17-11(20)13(18,3)4/h6H,5,7H2,1-4H3,(H,14,15,16)(H,17,19,20). The molecule has 1 saturated heterocycles. The van der Waals surface area contributed by atoms with Gasteiger partial charge in [0.25, 0.3) is 5.91 Å². The average molecular weight is 277 g/mol. The number of aryl methyl sites for hydroxylation is 1. The Hall–Kier alpha value is -2.18. The van der Waals surface area contributed by atoms with Crippen LogP contribution in [0.25, 0.3) is 0 Å². The fraction of sp³-hybridized carbons (Fsp3) is 0.538. The Morgan fingerprint density at radius 3 is 2.75 bits per heavy atom. The van der Waals surface area contributed by atoms with E-state index in [4.69, 9.17) is 0 Å². The summed E-state index contributed by atoms with van der Waals surface area (Å²) in [6, 6.07) is 1.77. The van der Waals surface area contributed by atoms with Crippen LogP contribution in [-0.4, -0.2) is 40.4 Å². The summed E-state index contributed by atoms with van der Waals surface area (Å²) in [5.41, 5.74) is -0.0572. The van der Waals surface area contributed by atoms with Gasteiger partial charge in [-0.2, -0.15) is 4.98 Å². The number of hydrogen-bond donors (Lipinski definition) is 2. The molecule has 2 N–H and O–H groups in total. The molecule has 1 aromatic heterocycles. The van der Waals surface area contributed by atoms with E-state index < -0.39 is 5.54 Å². The number of aromatic nitrogens is 2. The maximum atomic E-state index is 12.0. The van der Waals surface area contributed by atoms with Gasteiger partial charge in [-0.25, -0.2) is 4.98 Å². The summed E-state index contributed by atoms with van der Waals surface area (Å²) in [7, 11) is 0. The molecule has 1 aromatic rings. The molecule has 1 aliphatic rings. The zero-order valence-corrected chi connectivity index (χ0v) is 12.1. The van der Waals surface area contributed by atoms with Gasteiger partial charge in [-0.3, -0.25) is 14.9 Å². The molecule has 7 heteroatoms. The van der Waals surface area contributed by atoms with Crippen LogP contribution < -0.4 is 15.5 Å². The highest BCUT2D eigenvalue weighted by atomic mass is 16.2. The molecule has 0 aromatic carbocycles. The monoisotopic (exact) mass is 277 g/mol. The van der Waals surface area contributed by atoms with Crippen LogP contribution >= 0.6 is 0 Å². The molecular weight excluding hydrogens is 258 g/mol. The van der Waals surface area contributed by atoms with Crippen LogP contribution in [0.3, 0.4) is 0 Å². The van der Waals surface area contributed by atoms with E-state index in [1.54, 1.807) is 24.8 Å². The number of rotatable bonds is 3. The van der Waals surface area contributed by atoms with Gasteiger partial charge in [0.1, 0.15) is 11.4 Å². The highest BCUT2D eigenvalue weighted by molar-refractivity contribution is 6.06. The smallest absolute Gasteiger partial charge is 0.251 e. The Morgan fingerprint density at radius 2 is 2.10 bits per heavy atom. The lowest BCUT2D eigenvalue weighted by atomic mass is 9.98. The minimum atomic E-state index is -0.835. The van der Waals surface area contributed by atoms with Gasteiger partial charge < -0.3 is 10.2 Å². The quantitative estimate of drug-likeness (QED) is 0.780. The zero-order valence-electron chi connectivity index (χ0n) is 12.1. The number of carbonyl (C=O) groups is 2. The normalized spacial score (nSPS) is 17.9. The summed E-state index contributed by atoms with van der Waals surface area (Å²) in [6.07, 6.45) is 0. The van der Waals surface area contributed by atoms with Gasteiger partial charge in [0, 0.05) is 18.3 Å². The third-order valence-electron chi connectivity index (χ3n) is 3.24. The predicted molar refractivity (Wildman–Crippen MR) is 75.5 cm³/mol. The Bertz CT molecular complexity index is 556. The molecule has 2 heterocycles. The van der Waals surface area contributed by atoms with E-state index in [1.807, 2.05) is 13.8 Å². The van der Waals surface area contributed by atoms with Gasteiger partial charge in [-0.05, 0) is 27.7 Å². The number of carbonyl (C=O) groups excluding carboxylic acids is 2. The number of nitrogens with zero attached hydrogens (tertiary/aromatic N) is 3. The fourth-order valence-electron chi connectivity index (χ4n) is 2.08. The number of imide groups is 1. The van der Waals surface area contributed by atoms with Crippen molar-refractivity contribution in [1.82, 2.24) is 15.3 Å². The SMILES string of the molecule is CCNc1nc(C)cc(N2CC(=O)NC(=O)C2(C)C)n1. The molecule has 1 fully saturated rings. The van der Waals surface area contributed by atoms with Crippen LogP contribution in [0.5, 0.6) is 0 Å². The fourth-order valence-corrected chi connectivity index (χ4v) is 2.08. The van der Waals surface area contributed by atoms with E-state index >= 15 is 0 Å². The van der Waals surface area contributed by atoms with Crippen LogP contribution in [0, 0.1) is 6.92 Å². The lowest BCUT2D eigenvalue weighted by Gasteiger charge is -2.41.